The fourth-order valence-corrected chi connectivity index (χ4v) is 2.62. The summed E-state index contributed by atoms with van der Waals surface area (Å²) in [6, 6.07) is 18.5. The summed E-state index contributed by atoms with van der Waals surface area (Å²) in [5.74, 6) is 1.53. The minimum Gasteiger partial charge on any atom is -0.494 e. The molecule has 0 spiro atoms. The first-order valence-electron chi connectivity index (χ1n) is 9.18. The molecule has 0 atom stereocenters. The van der Waals surface area contributed by atoms with Gasteiger partial charge in [0.25, 0.3) is 0 Å². The summed E-state index contributed by atoms with van der Waals surface area (Å²) in [4.78, 5) is 11.8. The van der Waals surface area contributed by atoms with Gasteiger partial charge in [-0.2, -0.15) is 0 Å². The van der Waals surface area contributed by atoms with Crippen molar-refractivity contribution >= 4 is 5.91 Å². The Labute approximate surface area is 151 Å². The molecule has 134 valence electrons. The maximum atomic E-state index is 11.8. The molecule has 0 unspecified atom stereocenters. The van der Waals surface area contributed by atoms with Crippen LogP contribution < -0.4 is 10.1 Å². The van der Waals surface area contributed by atoms with E-state index in [-0.39, 0.29) is 5.91 Å². The van der Waals surface area contributed by atoms with E-state index in [0.29, 0.717) is 18.9 Å². The van der Waals surface area contributed by atoms with E-state index in [0.717, 1.165) is 31.6 Å². The van der Waals surface area contributed by atoms with Crippen LogP contribution in [0.4, 0.5) is 0 Å². The third-order valence-electron chi connectivity index (χ3n) is 4.17. The van der Waals surface area contributed by atoms with Crippen LogP contribution in [0.5, 0.6) is 5.75 Å². The summed E-state index contributed by atoms with van der Waals surface area (Å²) in [7, 11) is 0. The summed E-state index contributed by atoms with van der Waals surface area (Å²) in [5, 5.41) is 2.99. The fraction of sp³-hybridized carbons (Fsp3) is 0.409. The number of benzene rings is 2. The van der Waals surface area contributed by atoms with Gasteiger partial charge in [-0.15, -0.1) is 0 Å². The molecule has 2 aromatic carbocycles. The summed E-state index contributed by atoms with van der Waals surface area (Å²) in [6.07, 6.45) is 3.20. The molecule has 2 rings (SSSR count). The molecule has 1 N–H and O–H groups in total. The number of carbonyl (C=O) groups excluding carboxylic acids is 1. The van der Waals surface area contributed by atoms with Crippen LogP contribution in [-0.4, -0.2) is 19.1 Å². The normalized spacial score (nSPS) is 10.7. The zero-order chi connectivity index (χ0) is 17.9. The Kier molecular flexibility index (Phi) is 8.03. The number of para-hydroxylation sites is 1. The molecule has 0 fully saturated rings. The summed E-state index contributed by atoms with van der Waals surface area (Å²) >= 11 is 0. The Morgan fingerprint density at radius 2 is 1.72 bits per heavy atom. The molecule has 0 heterocycles. The molecular formula is C22H29NO2. The molecule has 0 aliphatic rings. The van der Waals surface area contributed by atoms with Gasteiger partial charge in [0.05, 0.1) is 6.61 Å². The quantitative estimate of drug-likeness (QED) is 0.636. The molecule has 3 nitrogen and oxygen atoms in total. The van der Waals surface area contributed by atoms with Crippen LogP contribution in [0.1, 0.15) is 50.2 Å². The minimum absolute atomic E-state index is 0.104. The summed E-state index contributed by atoms with van der Waals surface area (Å²) in [6.45, 7) is 5.70. The SMILES string of the molecule is CC(C)c1ccc(CCCNC(=O)CCCOc2ccccc2)cc1. The van der Waals surface area contributed by atoms with Crippen molar-refractivity contribution in [1.29, 1.82) is 0 Å². The zero-order valence-electron chi connectivity index (χ0n) is 15.3. The van der Waals surface area contributed by atoms with Crippen molar-refractivity contribution < 1.29 is 9.53 Å². The molecule has 0 saturated heterocycles. The summed E-state index contributed by atoms with van der Waals surface area (Å²) < 4.78 is 5.59. The van der Waals surface area contributed by atoms with Gasteiger partial charge < -0.3 is 10.1 Å². The van der Waals surface area contributed by atoms with Gasteiger partial charge in [0.1, 0.15) is 5.75 Å². The first-order chi connectivity index (χ1) is 12.1. The monoisotopic (exact) mass is 339 g/mol. The molecule has 2 aromatic rings. The van der Waals surface area contributed by atoms with Gasteiger partial charge in [0.15, 0.2) is 0 Å². The van der Waals surface area contributed by atoms with Crippen LogP contribution in [0.25, 0.3) is 0 Å². The molecule has 0 saturated carbocycles. The van der Waals surface area contributed by atoms with E-state index in [1.54, 1.807) is 0 Å². The zero-order valence-corrected chi connectivity index (χ0v) is 15.3. The van der Waals surface area contributed by atoms with Crippen LogP contribution in [0.15, 0.2) is 54.6 Å². The smallest absolute Gasteiger partial charge is 0.220 e. The van der Waals surface area contributed by atoms with Crippen molar-refractivity contribution in [2.75, 3.05) is 13.2 Å². The van der Waals surface area contributed by atoms with Crippen molar-refractivity contribution in [2.24, 2.45) is 0 Å². The highest BCUT2D eigenvalue weighted by molar-refractivity contribution is 5.75. The van der Waals surface area contributed by atoms with E-state index in [9.17, 15) is 4.79 Å². The van der Waals surface area contributed by atoms with Crippen molar-refractivity contribution in [3.05, 3.63) is 65.7 Å². The lowest BCUT2D eigenvalue weighted by Gasteiger charge is -2.08. The van der Waals surface area contributed by atoms with Crippen molar-refractivity contribution in [3.8, 4) is 5.75 Å². The van der Waals surface area contributed by atoms with Gasteiger partial charge >= 0.3 is 0 Å². The molecule has 3 heteroatoms. The minimum atomic E-state index is 0.104. The second-order valence-corrected chi connectivity index (χ2v) is 6.61. The predicted molar refractivity (Wildman–Crippen MR) is 103 cm³/mol. The topological polar surface area (TPSA) is 38.3 Å². The van der Waals surface area contributed by atoms with Gasteiger partial charge in [-0.3, -0.25) is 4.79 Å². The molecule has 1 amide bonds. The third kappa shape index (κ3) is 7.42. The Bertz CT molecular complexity index is 620. The van der Waals surface area contributed by atoms with E-state index in [4.69, 9.17) is 4.74 Å². The van der Waals surface area contributed by atoms with Crippen molar-refractivity contribution in [3.63, 3.8) is 0 Å². The first kappa shape index (κ1) is 19.0. The average molecular weight is 339 g/mol. The van der Waals surface area contributed by atoms with Gasteiger partial charge in [-0.1, -0.05) is 56.3 Å². The van der Waals surface area contributed by atoms with E-state index in [2.05, 4.69) is 43.4 Å². The highest BCUT2D eigenvalue weighted by Gasteiger charge is 2.02. The number of aryl methyl sites for hydroxylation is 1. The third-order valence-corrected chi connectivity index (χ3v) is 4.17. The highest BCUT2D eigenvalue weighted by atomic mass is 16.5. The van der Waals surface area contributed by atoms with Gasteiger partial charge in [-0.05, 0) is 48.4 Å². The maximum absolute atomic E-state index is 11.8. The van der Waals surface area contributed by atoms with Crippen LogP contribution in [-0.2, 0) is 11.2 Å². The molecule has 0 aliphatic heterocycles. The van der Waals surface area contributed by atoms with E-state index >= 15 is 0 Å². The van der Waals surface area contributed by atoms with Crippen molar-refractivity contribution in [2.45, 2.75) is 45.4 Å². The van der Waals surface area contributed by atoms with Crippen LogP contribution in [0, 0.1) is 0 Å². The van der Waals surface area contributed by atoms with Crippen LogP contribution >= 0.6 is 0 Å². The highest BCUT2D eigenvalue weighted by Crippen LogP contribution is 2.15. The van der Waals surface area contributed by atoms with E-state index < -0.39 is 0 Å². The lowest BCUT2D eigenvalue weighted by atomic mass is 10.0. The standard InChI is InChI=1S/C22H29NO2/c1-18(2)20-14-12-19(13-15-20)8-6-16-23-22(24)11-7-17-25-21-9-4-3-5-10-21/h3-5,9-10,12-15,18H,6-8,11,16-17H2,1-2H3,(H,23,24). The second kappa shape index (κ2) is 10.5. The van der Waals surface area contributed by atoms with E-state index in [1.165, 1.54) is 11.1 Å². The molecule has 25 heavy (non-hydrogen) atoms. The first-order valence-corrected chi connectivity index (χ1v) is 9.18. The number of hydrogen-bond acceptors (Lipinski definition) is 2. The van der Waals surface area contributed by atoms with Crippen molar-refractivity contribution in [1.82, 2.24) is 5.32 Å². The Hall–Kier alpha value is -2.29. The predicted octanol–water partition coefficient (Wildman–Crippen LogP) is 4.72. The number of carbonyl (C=O) groups is 1. The molecular weight excluding hydrogens is 310 g/mol. The van der Waals surface area contributed by atoms with Gasteiger partial charge in [-0.25, -0.2) is 0 Å². The molecule has 0 bridgehead atoms. The molecule has 0 radical (unpaired) electrons. The lowest BCUT2D eigenvalue weighted by molar-refractivity contribution is -0.121. The molecule has 0 aliphatic carbocycles. The maximum Gasteiger partial charge on any atom is 0.220 e. The summed E-state index contributed by atoms with van der Waals surface area (Å²) in [5.41, 5.74) is 2.70. The number of hydrogen-bond donors (Lipinski definition) is 1. The largest absolute Gasteiger partial charge is 0.494 e. The van der Waals surface area contributed by atoms with Crippen LogP contribution in [0.2, 0.25) is 0 Å². The Morgan fingerprint density at radius 1 is 1.00 bits per heavy atom. The fourth-order valence-electron chi connectivity index (χ4n) is 2.62. The molecule has 0 aromatic heterocycles. The number of amides is 1. The number of rotatable bonds is 10. The van der Waals surface area contributed by atoms with Crippen LogP contribution in [0.3, 0.4) is 0 Å². The number of ether oxygens (including phenoxy) is 1. The van der Waals surface area contributed by atoms with E-state index in [1.807, 2.05) is 30.3 Å². The second-order valence-electron chi connectivity index (χ2n) is 6.61. The van der Waals surface area contributed by atoms with Gasteiger partial charge in [0.2, 0.25) is 5.91 Å². The average Bonchev–Trinajstić information content (AvgIpc) is 2.63. The Balaban J connectivity index is 1.53. The van der Waals surface area contributed by atoms with Gasteiger partial charge in [0, 0.05) is 13.0 Å². The number of nitrogens with one attached hydrogen (secondary N) is 1. The lowest BCUT2D eigenvalue weighted by Crippen LogP contribution is -2.24. The Morgan fingerprint density at radius 3 is 2.40 bits per heavy atom.